The van der Waals surface area contributed by atoms with Crippen LogP contribution >= 0.6 is 0 Å². The lowest BCUT2D eigenvalue weighted by Crippen LogP contribution is -2.46. The van der Waals surface area contributed by atoms with Crippen molar-refractivity contribution >= 4 is 22.6 Å². The second kappa shape index (κ2) is 6.45. The van der Waals surface area contributed by atoms with Crippen LogP contribution in [-0.4, -0.2) is 23.6 Å². The second-order valence-corrected chi connectivity index (χ2v) is 6.35. The van der Waals surface area contributed by atoms with E-state index in [0.29, 0.717) is 10.9 Å². The first-order chi connectivity index (χ1) is 13.9. The molecule has 1 aliphatic heterocycles. The maximum atomic E-state index is 12.8. The number of rotatable bonds is 3. The molecule has 0 fully saturated rings. The molecule has 0 aliphatic carbocycles. The summed E-state index contributed by atoms with van der Waals surface area (Å²) >= 11 is 0. The highest BCUT2D eigenvalue weighted by Crippen LogP contribution is 2.50. The number of hydrogen-bond donors (Lipinski definition) is 0. The Kier molecular flexibility index (Phi) is 4.05. The Balaban J connectivity index is 2.04. The molecule has 9 nitrogen and oxygen atoms in total. The van der Waals surface area contributed by atoms with Crippen molar-refractivity contribution in [2.45, 2.75) is 11.5 Å². The van der Waals surface area contributed by atoms with Crippen LogP contribution in [0.25, 0.3) is 11.0 Å². The van der Waals surface area contributed by atoms with E-state index in [0.717, 1.165) is 7.11 Å². The number of esters is 1. The van der Waals surface area contributed by atoms with Crippen molar-refractivity contribution in [1.29, 1.82) is 5.26 Å². The Morgan fingerprint density at radius 2 is 1.93 bits per heavy atom. The number of nitro groups is 1. The molecule has 2 aromatic carbocycles. The third-order valence-electron chi connectivity index (χ3n) is 4.85. The van der Waals surface area contributed by atoms with Gasteiger partial charge in [-0.3, -0.25) is 10.1 Å². The van der Waals surface area contributed by atoms with Gasteiger partial charge in [0, 0.05) is 12.1 Å². The zero-order valence-corrected chi connectivity index (χ0v) is 14.9. The minimum absolute atomic E-state index is 0.0236. The summed E-state index contributed by atoms with van der Waals surface area (Å²) in [4.78, 5) is 35.8. The van der Waals surface area contributed by atoms with Gasteiger partial charge in [-0.25, -0.2) is 9.59 Å². The van der Waals surface area contributed by atoms with Gasteiger partial charge in [0.2, 0.25) is 0 Å². The maximum Gasteiger partial charge on any atom is 0.366 e. The lowest BCUT2D eigenvalue weighted by atomic mass is 9.80. The molecule has 2 unspecified atom stereocenters. The smallest absolute Gasteiger partial charge is 0.366 e. The molecule has 29 heavy (non-hydrogen) atoms. The number of methoxy groups -OCH3 is 1. The van der Waals surface area contributed by atoms with Crippen molar-refractivity contribution < 1.29 is 23.6 Å². The van der Waals surface area contributed by atoms with E-state index in [-0.39, 0.29) is 22.6 Å². The molecule has 1 aliphatic rings. The van der Waals surface area contributed by atoms with Crippen LogP contribution in [0.2, 0.25) is 0 Å². The molecule has 0 amide bonds. The van der Waals surface area contributed by atoms with Gasteiger partial charge in [0.05, 0.1) is 28.9 Å². The summed E-state index contributed by atoms with van der Waals surface area (Å²) in [5, 5.41) is 21.3. The van der Waals surface area contributed by atoms with Crippen LogP contribution in [0.3, 0.4) is 0 Å². The Morgan fingerprint density at radius 1 is 1.24 bits per heavy atom. The zero-order chi connectivity index (χ0) is 20.8. The number of carbonyl (C=O) groups excluding carboxylic acids is 1. The number of nitro benzene ring substituents is 1. The van der Waals surface area contributed by atoms with Crippen molar-refractivity contribution in [2.75, 3.05) is 7.11 Å². The van der Waals surface area contributed by atoms with Crippen molar-refractivity contribution in [2.24, 2.45) is 0 Å². The predicted octanol–water partition coefficient (Wildman–Crippen LogP) is 2.66. The van der Waals surface area contributed by atoms with E-state index in [1.807, 2.05) is 6.07 Å². The fourth-order valence-electron chi connectivity index (χ4n) is 3.55. The van der Waals surface area contributed by atoms with Crippen molar-refractivity contribution in [3.8, 4) is 11.8 Å². The summed E-state index contributed by atoms with van der Waals surface area (Å²) in [6, 6.07) is 13.6. The standard InChI is InChI=1S/C20H12N2O7/c1-27-19(24)20(10-21)16(11-6-8-12(9-7-11)22(25)26)15-17(29-20)13-4-2-3-5-14(13)28-18(15)23/h2-9,16H,1H3. The Bertz CT molecular complexity index is 1260. The highest BCUT2D eigenvalue weighted by atomic mass is 16.6. The van der Waals surface area contributed by atoms with Gasteiger partial charge in [-0.2, -0.15) is 5.26 Å². The molecular weight excluding hydrogens is 380 g/mol. The zero-order valence-electron chi connectivity index (χ0n) is 14.9. The summed E-state index contributed by atoms with van der Waals surface area (Å²) < 4.78 is 16.0. The quantitative estimate of drug-likeness (QED) is 0.287. The van der Waals surface area contributed by atoms with Gasteiger partial charge >= 0.3 is 17.2 Å². The summed E-state index contributed by atoms with van der Waals surface area (Å²) in [6.45, 7) is 0. The number of nitrogens with zero attached hydrogens (tertiary/aromatic N) is 2. The van der Waals surface area contributed by atoms with Gasteiger partial charge in [-0.15, -0.1) is 0 Å². The first-order valence-electron chi connectivity index (χ1n) is 8.41. The minimum atomic E-state index is -2.19. The van der Waals surface area contributed by atoms with Crippen LogP contribution in [0.1, 0.15) is 17.0 Å². The molecule has 2 heterocycles. The number of para-hydroxylation sites is 1. The van der Waals surface area contributed by atoms with Crippen molar-refractivity contribution in [1.82, 2.24) is 0 Å². The van der Waals surface area contributed by atoms with Crippen LogP contribution in [0.5, 0.6) is 5.75 Å². The topological polar surface area (TPSA) is 133 Å². The summed E-state index contributed by atoms with van der Waals surface area (Å²) in [5.74, 6) is -2.15. The number of benzene rings is 2. The number of non-ortho nitro benzene ring substituents is 1. The molecule has 0 radical (unpaired) electrons. The molecule has 0 bridgehead atoms. The van der Waals surface area contributed by atoms with E-state index < -0.39 is 28.0 Å². The van der Waals surface area contributed by atoms with E-state index in [9.17, 15) is 25.0 Å². The van der Waals surface area contributed by atoms with Gasteiger partial charge in [0.25, 0.3) is 5.69 Å². The Morgan fingerprint density at radius 3 is 2.55 bits per heavy atom. The largest absolute Gasteiger partial charge is 0.465 e. The lowest BCUT2D eigenvalue weighted by Gasteiger charge is -2.24. The SMILES string of the molecule is COC(=O)C1(C#N)Oc2c(c(=O)oc3ccccc23)C1c1ccc([N+](=O)[O-])cc1. The molecule has 9 heteroatoms. The van der Waals surface area contributed by atoms with E-state index >= 15 is 0 Å². The van der Waals surface area contributed by atoms with Crippen LogP contribution in [0.4, 0.5) is 5.69 Å². The van der Waals surface area contributed by atoms with E-state index in [4.69, 9.17) is 13.9 Å². The van der Waals surface area contributed by atoms with E-state index in [1.165, 1.54) is 24.3 Å². The van der Waals surface area contributed by atoms with Gasteiger partial charge in [0.15, 0.2) is 0 Å². The summed E-state index contributed by atoms with van der Waals surface area (Å²) in [7, 11) is 1.10. The number of fused-ring (bicyclic) bond motifs is 3. The average molecular weight is 392 g/mol. The molecule has 0 saturated carbocycles. The third-order valence-corrected chi connectivity index (χ3v) is 4.85. The average Bonchev–Trinajstić information content (AvgIpc) is 3.10. The van der Waals surface area contributed by atoms with Crippen LogP contribution < -0.4 is 10.4 Å². The van der Waals surface area contributed by atoms with Crippen molar-refractivity contribution in [3.63, 3.8) is 0 Å². The van der Waals surface area contributed by atoms with Crippen molar-refractivity contribution in [3.05, 3.63) is 80.2 Å². The Labute approximate surface area is 162 Å². The monoisotopic (exact) mass is 392 g/mol. The van der Waals surface area contributed by atoms with E-state index in [1.54, 1.807) is 24.3 Å². The molecule has 4 rings (SSSR count). The number of hydrogen-bond acceptors (Lipinski definition) is 8. The third kappa shape index (κ3) is 2.54. The maximum absolute atomic E-state index is 12.8. The predicted molar refractivity (Wildman–Crippen MR) is 98.4 cm³/mol. The number of nitriles is 1. The first-order valence-corrected chi connectivity index (χ1v) is 8.41. The first kappa shape index (κ1) is 18.2. The highest BCUT2D eigenvalue weighted by Gasteiger charge is 2.59. The van der Waals surface area contributed by atoms with Gasteiger partial charge in [-0.05, 0) is 17.7 Å². The van der Waals surface area contributed by atoms with Gasteiger partial charge in [-0.1, -0.05) is 24.3 Å². The molecule has 1 aromatic heterocycles. The minimum Gasteiger partial charge on any atom is -0.465 e. The molecule has 0 saturated heterocycles. The highest BCUT2D eigenvalue weighted by molar-refractivity contribution is 5.92. The number of ether oxygens (including phenoxy) is 2. The Hall–Kier alpha value is -4.19. The molecule has 3 aromatic rings. The van der Waals surface area contributed by atoms with Crippen LogP contribution in [-0.2, 0) is 9.53 Å². The summed E-state index contributed by atoms with van der Waals surface area (Å²) in [5.41, 5.74) is -2.64. The van der Waals surface area contributed by atoms with Gasteiger partial charge in [0.1, 0.15) is 17.4 Å². The number of carbonyl (C=O) groups is 1. The van der Waals surface area contributed by atoms with E-state index in [2.05, 4.69) is 0 Å². The molecule has 144 valence electrons. The van der Waals surface area contributed by atoms with Gasteiger partial charge < -0.3 is 13.9 Å². The molecular formula is C20H12N2O7. The fourth-order valence-corrected chi connectivity index (χ4v) is 3.55. The van der Waals surface area contributed by atoms with Crippen LogP contribution in [0.15, 0.2) is 57.7 Å². The second-order valence-electron chi connectivity index (χ2n) is 6.35. The fraction of sp³-hybridized carbons (Fsp3) is 0.150. The lowest BCUT2D eigenvalue weighted by molar-refractivity contribution is -0.384. The molecule has 2 atom stereocenters. The molecule has 0 spiro atoms. The van der Waals surface area contributed by atoms with Crippen LogP contribution in [0, 0.1) is 21.4 Å². The normalized spacial score (nSPS) is 19.8. The summed E-state index contributed by atoms with van der Waals surface area (Å²) in [6.07, 6.45) is 0. The molecule has 0 N–H and O–H groups in total.